The van der Waals surface area contributed by atoms with Gasteiger partial charge in [-0.25, -0.2) is 0 Å². The minimum Gasteiger partial charge on any atom is -0.466 e. The molecule has 3 saturated heterocycles. The molecule has 3 rings (SSSR count). The maximum atomic E-state index is 13.8. The van der Waals surface area contributed by atoms with Crippen LogP contribution in [0.25, 0.3) is 0 Å². The standard InChI is InChI=1S/C24H40N2O6/c1-7-31-21(30)17-16-20(29)26(12-10-8-9-11-13-27)18(19(28)25-22(3,4)5)24(16)14-15(2)23(17,6)32-24/h15-18,27H,7-14H2,1-6H3,(H,25,28)/t15?,16-,17+,18?,23-,24?/m0/s1. The molecule has 3 aliphatic rings. The summed E-state index contributed by atoms with van der Waals surface area (Å²) in [7, 11) is 0. The fourth-order valence-corrected chi connectivity index (χ4v) is 6.06. The number of unbranched alkanes of at least 4 members (excludes halogenated alkanes) is 3. The number of fused-ring (bicyclic) bond motifs is 1. The smallest absolute Gasteiger partial charge is 0.312 e. The monoisotopic (exact) mass is 452 g/mol. The van der Waals surface area contributed by atoms with E-state index in [1.165, 1.54) is 0 Å². The van der Waals surface area contributed by atoms with Crippen LogP contribution in [0.2, 0.25) is 0 Å². The van der Waals surface area contributed by atoms with E-state index in [0.29, 0.717) is 13.0 Å². The molecule has 3 aliphatic heterocycles. The molecule has 182 valence electrons. The van der Waals surface area contributed by atoms with Gasteiger partial charge in [-0.3, -0.25) is 14.4 Å². The highest BCUT2D eigenvalue weighted by molar-refractivity contribution is 5.98. The Hall–Kier alpha value is -1.67. The number of nitrogens with zero attached hydrogens (tertiary/aromatic N) is 1. The Labute approximate surface area is 191 Å². The van der Waals surface area contributed by atoms with Gasteiger partial charge in [0.2, 0.25) is 11.8 Å². The number of likely N-dealkylation sites (tertiary alicyclic amines) is 1. The van der Waals surface area contributed by atoms with Crippen molar-refractivity contribution in [1.82, 2.24) is 10.2 Å². The first-order chi connectivity index (χ1) is 14.9. The second kappa shape index (κ2) is 8.93. The molecule has 2 bridgehead atoms. The third kappa shape index (κ3) is 4.04. The zero-order chi connectivity index (χ0) is 23.9. The quantitative estimate of drug-likeness (QED) is 0.410. The van der Waals surface area contributed by atoms with Crippen LogP contribution in [-0.2, 0) is 23.9 Å². The Morgan fingerprint density at radius 1 is 1.25 bits per heavy atom. The third-order valence-corrected chi connectivity index (χ3v) is 7.41. The molecular formula is C24H40N2O6. The van der Waals surface area contributed by atoms with Crippen molar-refractivity contribution in [3.63, 3.8) is 0 Å². The molecule has 0 saturated carbocycles. The second-order valence-electron chi connectivity index (χ2n) is 10.9. The van der Waals surface area contributed by atoms with Gasteiger partial charge in [0.05, 0.1) is 18.1 Å². The Kier molecular flexibility index (Phi) is 6.97. The minimum absolute atomic E-state index is 0.00963. The van der Waals surface area contributed by atoms with Crippen LogP contribution in [0.3, 0.4) is 0 Å². The van der Waals surface area contributed by atoms with Gasteiger partial charge in [-0.05, 0) is 59.8 Å². The minimum atomic E-state index is -1.02. The summed E-state index contributed by atoms with van der Waals surface area (Å²) in [4.78, 5) is 42.0. The number of esters is 1. The van der Waals surface area contributed by atoms with Crippen LogP contribution >= 0.6 is 0 Å². The van der Waals surface area contributed by atoms with Gasteiger partial charge in [0.25, 0.3) is 0 Å². The number of rotatable bonds is 9. The van der Waals surface area contributed by atoms with E-state index in [1.807, 2.05) is 34.6 Å². The number of hydrogen-bond donors (Lipinski definition) is 2. The summed E-state index contributed by atoms with van der Waals surface area (Å²) in [5, 5.41) is 12.1. The van der Waals surface area contributed by atoms with Gasteiger partial charge in [0.1, 0.15) is 17.6 Å². The highest BCUT2D eigenvalue weighted by Gasteiger charge is 2.80. The Balaban J connectivity index is 1.97. The van der Waals surface area contributed by atoms with E-state index in [-0.39, 0.29) is 30.9 Å². The predicted octanol–water partition coefficient (Wildman–Crippen LogP) is 2.03. The summed E-state index contributed by atoms with van der Waals surface area (Å²) in [6.45, 7) is 12.2. The van der Waals surface area contributed by atoms with Crippen LogP contribution in [0.4, 0.5) is 0 Å². The summed E-state index contributed by atoms with van der Waals surface area (Å²) >= 11 is 0. The second-order valence-corrected chi connectivity index (χ2v) is 10.9. The zero-order valence-corrected chi connectivity index (χ0v) is 20.4. The Bertz CT molecular complexity index is 749. The van der Waals surface area contributed by atoms with E-state index in [1.54, 1.807) is 11.8 Å². The first-order valence-corrected chi connectivity index (χ1v) is 12.0. The number of aliphatic hydroxyl groups is 1. The number of amides is 2. The van der Waals surface area contributed by atoms with E-state index in [9.17, 15) is 14.4 Å². The molecule has 0 aliphatic carbocycles. The van der Waals surface area contributed by atoms with Crippen molar-refractivity contribution < 1.29 is 29.0 Å². The van der Waals surface area contributed by atoms with E-state index in [0.717, 1.165) is 25.7 Å². The molecule has 6 atom stereocenters. The third-order valence-electron chi connectivity index (χ3n) is 7.41. The van der Waals surface area contributed by atoms with Gasteiger partial charge in [-0.1, -0.05) is 19.8 Å². The number of hydrogen-bond acceptors (Lipinski definition) is 6. The van der Waals surface area contributed by atoms with Crippen molar-refractivity contribution in [1.29, 1.82) is 0 Å². The lowest BCUT2D eigenvalue weighted by atomic mass is 9.62. The summed E-state index contributed by atoms with van der Waals surface area (Å²) in [5.41, 5.74) is -2.32. The van der Waals surface area contributed by atoms with Crippen molar-refractivity contribution in [3.05, 3.63) is 0 Å². The highest BCUT2D eigenvalue weighted by atomic mass is 16.6. The molecule has 0 aromatic rings. The van der Waals surface area contributed by atoms with Crippen molar-refractivity contribution in [2.45, 2.75) is 96.4 Å². The summed E-state index contributed by atoms with van der Waals surface area (Å²) in [6.07, 6.45) is 3.72. The summed E-state index contributed by atoms with van der Waals surface area (Å²) < 4.78 is 12.0. The Morgan fingerprint density at radius 3 is 2.50 bits per heavy atom. The normalized spacial score (nSPS) is 35.8. The molecule has 3 unspecified atom stereocenters. The average molecular weight is 453 g/mol. The van der Waals surface area contributed by atoms with Crippen molar-refractivity contribution in [2.75, 3.05) is 19.8 Å². The van der Waals surface area contributed by atoms with Gasteiger partial charge >= 0.3 is 5.97 Å². The molecule has 8 heteroatoms. The van der Waals surface area contributed by atoms with E-state index < -0.39 is 40.6 Å². The number of nitrogens with one attached hydrogen (secondary N) is 1. The van der Waals surface area contributed by atoms with E-state index in [4.69, 9.17) is 14.6 Å². The van der Waals surface area contributed by atoms with Crippen LogP contribution in [0.15, 0.2) is 0 Å². The van der Waals surface area contributed by atoms with Crippen molar-refractivity contribution >= 4 is 17.8 Å². The van der Waals surface area contributed by atoms with Crippen molar-refractivity contribution in [2.24, 2.45) is 17.8 Å². The lowest BCUT2D eigenvalue weighted by molar-refractivity contribution is -0.161. The molecule has 0 aromatic heterocycles. The fourth-order valence-electron chi connectivity index (χ4n) is 6.06. The largest absolute Gasteiger partial charge is 0.466 e. The van der Waals surface area contributed by atoms with Crippen LogP contribution in [-0.4, -0.2) is 70.3 Å². The SMILES string of the molecule is CCOC(=O)[C@H]1[C@H]2C(=O)N(CCCCCCO)C(C(=O)NC(C)(C)C)C23CC(C)[C@]1(C)O3. The average Bonchev–Trinajstić information content (AvgIpc) is 3.18. The topological polar surface area (TPSA) is 105 Å². The first-order valence-electron chi connectivity index (χ1n) is 12.0. The first kappa shape index (κ1) is 25.0. The number of carbonyl (C=O) groups is 3. The zero-order valence-electron chi connectivity index (χ0n) is 20.4. The number of ether oxygens (including phenoxy) is 2. The molecule has 3 fully saturated rings. The van der Waals surface area contributed by atoms with Gasteiger partial charge in [0.15, 0.2) is 0 Å². The molecule has 2 N–H and O–H groups in total. The van der Waals surface area contributed by atoms with Gasteiger partial charge < -0.3 is 24.8 Å². The van der Waals surface area contributed by atoms with Crippen LogP contribution in [0, 0.1) is 17.8 Å². The maximum absolute atomic E-state index is 13.8. The fraction of sp³-hybridized carbons (Fsp3) is 0.875. The molecule has 0 radical (unpaired) electrons. The van der Waals surface area contributed by atoms with E-state index in [2.05, 4.69) is 5.32 Å². The van der Waals surface area contributed by atoms with Crippen LogP contribution in [0.1, 0.15) is 73.6 Å². The number of aliphatic hydroxyl groups excluding tert-OH is 1. The molecule has 3 heterocycles. The Morgan fingerprint density at radius 2 is 1.91 bits per heavy atom. The number of carbonyl (C=O) groups excluding carboxylic acids is 3. The summed E-state index contributed by atoms with van der Waals surface area (Å²) in [6, 6.07) is -0.777. The van der Waals surface area contributed by atoms with Crippen molar-refractivity contribution in [3.8, 4) is 0 Å². The maximum Gasteiger partial charge on any atom is 0.312 e. The predicted molar refractivity (Wildman–Crippen MR) is 119 cm³/mol. The molecule has 1 spiro atoms. The van der Waals surface area contributed by atoms with Gasteiger partial charge in [0, 0.05) is 18.7 Å². The summed E-state index contributed by atoms with van der Waals surface area (Å²) in [5.74, 6) is -2.25. The lowest BCUT2D eigenvalue weighted by Gasteiger charge is -2.36. The van der Waals surface area contributed by atoms with Gasteiger partial charge in [-0.15, -0.1) is 0 Å². The van der Waals surface area contributed by atoms with Crippen LogP contribution in [0.5, 0.6) is 0 Å². The van der Waals surface area contributed by atoms with E-state index >= 15 is 0 Å². The molecule has 8 nitrogen and oxygen atoms in total. The molecular weight excluding hydrogens is 412 g/mol. The highest BCUT2D eigenvalue weighted by Crippen LogP contribution is 2.65. The van der Waals surface area contributed by atoms with Gasteiger partial charge in [-0.2, -0.15) is 0 Å². The molecule has 0 aromatic carbocycles. The van der Waals surface area contributed by atoms with Crippen LogP contribution < -0.4 is 5.32 Å². The molecule has 2 amide bonds. The lowest BCUT2D eigenvalue weighted by Crippen LogP contribution is -2.58. The molecule has 32 heavy (non-hydrogen) atoms.